The number of hydrogen-bond donors (Lipinski definition) is 2. The molecule has 0 saturated heterocycles. The van der Waals surface area contributed by atoms with Crippen LogP contribution in [0.1, 0.15) is 6.92 Å². The summed E-state index contributed by atoms with van der Waals surface area (Å²) in [5.41, 5.74) is -0.0771. The molecule has 0 aliphatic rings. The molecule has 2 N–H and O–H groups in total. The molecule has 1 heterocycles. The molecule has 0 atom stereocenters. The molecule has 10 heteroatoms. The van der Waals surface area contributed by atoms with E-state index in [1.165, 1.54) is 30.9 Å². The van der Waals surface area contributed by atoms with Gasteiger partial charge in [0.05, 0.1) is 12.0 Å². The Morgan fingerprint density at radius 2 is 2.09 bits per heavy atom. The van der Waals surface area contributed by atoms with Crippen LogP contribution in [-0.4, -0.2) is 23.9 Å². The van der Waals surface area contributed by atoms with E-state index in [4.69, 9.17) is 11.6 Å². The lowest BCUT2D eigenvalue weighted by Crippen LogP contribution is -2.15. The normalized spacial score (nSPS) is 11.3. The molecule has 0 saturated carbocycles. The van der Waals surface area contributed by atoms with E-state index in [9.17, 15) is 17.6 Å². The Balaban J connectivity index is 2.37. The first-order chi connectivity index (χ1) is 10.2. The largest absolute Gasteiger partial charge is 0.326 e. The quantitative estimate of drug-likeness (QED) is 0.885. The zero-order valence-electron chi connectivity index (χ0n) is 11.6. The molecular formula is C12H12ClFN4O3S. The van der Waals surface area contributed by atoms with E-state index >= 15 is 0 Å². The average molecular weight is 347 g/mol. The van der Waals surface area contributed by atoms with Crippen molar-refractivity contribution in [3.8, 4) is 0 Å². The lowest BCUT2D eigenvalue weighted by molar-refractivity contribution is -0.114. The molecule has 1 aromatic heterocycles. The Bertz CT molecular complexity index is 835. The maximum Gasteiger partial charge on any atom is 0.282 e. The summed E-state index contributed by atoms with van der Waals surface area (Å²) in [6.07, 6.45) is 1.22. The smallest absolute Gasteiger partial charge is 0.282 e. The van der Waals surface area contributed by atoms with Gasteiger partial charge in [0.1, 0.15) is 11.0 Å². The van der Waals surface area contributed by atoms with Crippen LogP contribution in [0.15, 0.2) is 29.6 Å². The van der Waals surface area contributed by atoms with Crippen molar-refractivity contribution < 1.29 is 17.6 Å². The summed E-state index contributed by atoms with van der Waals surface area (Å²) in [5, 5.41) is 1.91. The summed E-state index contributed by atoms with van der Waals surface area (Å²) >= 11 is 5.83. The highest BCUT2D eigenvalue weighted by molar-refractivity contribution is 7.92. The number of anilines is 2. The van der Waals surface area contributed by atoms with Gasteiger partial charge in [-0.3, -0.25) is 9.52 Å². The number of amides is 1. The van der Waals surface area contributed by atoms with E-state index in [-0.39, 0.29) is 22.4 Å². The summed E-state index contributed by atoms with van der Waals surface area (Å²) in [4.78, 5) is 14.7. The van der Waals surface area contributed by atoms with Gasteiger partial charge in [0.15, 0.2) is 0 Å². The number of aromatic nitrogens is 2. The molecule has 2 rings (SSSR count). The monoisotopic (exact) mass is 346 g/mol. The maximum absolute atomic E-state index is 13.8. The molecule has 1 amide bonds. The van der Waals surface area contributed by atoms with Gasteiger partial charge in [-0.15, -0.1) is 0 Å². The number of halogens is 2. The van der Waals surface area contributed by atoms with Gasteiger partial charge in [-0.1, -0.05) is 11.6 Å². The Kier molecular flexibility index (Phi) is 4.38. The van der Waals surface area contributed by atoms with Crippen molar-refractivity contribution in [1.29, 1.82) is 0 Å². The second-order valence-electron chi connectivity index (χ2n) is 4.43. The number of hydrogen-bond acceptors (Lipinski definition) is 4. The SMILES string of the molecule is CC(=O)Nc1ccc(F)c(NS(=O)(=O)c2ncn(C)c2Cl)c1. The number of rotatable bonds is 4. The van der Waals surface area contributed by atoms with Crippen LogP contribution in [0, 0.1) is 5.82 Å². The molecule has 0 radical (unpaired) electrons. The van der Waals surface area contributed by atoms with Gasteiger partial charge in [-0.25, -0.2) is 9.37 Å². The molecule has 0 aliphatic heterocycles. The van der Waals surface area contributed by atoms with Gasteiger partial charge in [0.2, 0.25) is 10.9 Å². The van der Waals surface area contributed by atoms with Gasteiger partial charge in [0, 0.05) is 19.7 Å². The third-order valence-corrected chi connectivity index (χ3v) is 4.47. The standard InChI is InChI=1S/C12H12ClFN4O3S/c1-7(19)16-8-3-4-9(14)10(5-8)17-22(20,21)12-11(13)18(2)6-15-12/h3-6,17H,1-2H3,(H,16,19). The number of nitrogens with zero attached hydrogens (tertiary/aromatic N) is 2. The predicted molar refractivity (Wildman–Crippen MR) is 79.7 cm³/mol. The topological polar surface area (TPSA) is 93.1 Å². The van der Waals surface area contributed by atoms with Gasteiger partial charge in [-0.2, -0.15) is 8.42 Å². The Hall–Kier alpha value is -2.13. The number of carbonyl (C=O) groups excluding carboxylic acids is 1. The van der Waals surface area contributed by atoms with Gasteiger partial charge in [0.25, 0.3) is 10.0 Å². The highest BCUT2D eigenvalue weighted by Gasteiger charge is 2.23. The predicted octanol–water partition coefficient (Wildman–Crippen LogP) is 1.97. The second kappa shape index (κ2) is 5.93. The molecule has 118 valence electrons. The highest BCUT2D eigenvalue weighted by atomic mass is 35.5. The minimum absolute atomic E-state index is 0.106. The molecule has 1 aromatic carbocycles. The fourth-order valence-corrected chi connectivity index (χ4v) is 3.14. The van der Waals surface area contributed by atoms with Crippen molar-refractivity contribution in [2.24, 2.45) is 7.05 Å². The van der Waals surface area contributed by atoms with Gasteiger partial charge < -0.3 is 9.88 Å². The Morgan fingerprint density at radius 3 is 2.64 bits per heavy atom. The number of imidazole rings is 1. The van der Waals surface area contributed by atoms with Crippen LogP contribution in [0.25, 0.3) is 0 Å². The number of benzene rings is 1. The third-order valence-electron chi connectivity index (χ3n) is 2.62. The Morgan fingerprint density at radius 1 is 1.41 bits per heavy atom. The van der Waals surface area contributed by atoms with E-state index in [0.29, 0.717) is 0 Å². The van der Waals surface area contributed by atoms with Crippen LogP contribution in [0.3, 0.4) is 0 Å². The molecule has 0 spiro atoms. The van der Waals surface area contributed by atoms with Crippen molar-refractivity contribution in [3.63, 3.8) is 0 Å². The van der Waals surface area contributed by atoms with Crippen molar-refractivity contribution in [3.05, 3.63) is 35.5 Å². The van der Waals surface area contributed by atoms with Crippen molar-refractivity contribution in [1.82, 2.24) is 9.55 Å². The number of carbonyl (C=O) groups is 1. The van der Waals surface area contributed by atoms with Crippen molar-refractivity contribution in [2.45, 2.75) is 11.9 Å². The number of sulfonamides is 1. The minimum Gasteiger partial charge on any atom is -0.326 e. The first kappa shape index (κ1) is 16.2. The average Bonchev–Trinajstić information content (AvgIpc) is 2.74. The van der Waals surface area contributed by atoms with Crippen LogP contribution >= 0.6 is 11.6 Å². The summed E-state index contributed by atoms with van der Waals surface area (Å²) in [7, 11) is -2.64. The summed E-state index contributed by atoms with van der Waals surface area (Å²) in [5.74, 6) is -1.17. The number of nitrogens with one attached hydrogen (secondary N) is 2. The molecule has 2 aromatic rings. The van der Waals surface area contributed by atoms with Crippen LogP contribution in [0.2, 0.25) is 5.15 Å². The molecule has 0 bridgehead atoms. The zero-order chi connectivity index (χ0) is 16.5. The van der Waals surface area contributed by atoms with E-state index < -0.39 is 20.9 Å². The van der Waals surface area contributed by atoms with Gasteiger partial charge >= 0.3 is 0 Å². The molecule has 0 unspecified atom stereocenters. The van der Waals surface area contributed by atoms with Crippen LogP contribution in [0.4, 0.5) is 15.8 Å². The molecule has 0 aliphatic carbocycles. The third kappa shape index (κ3) is 3.37. The van der Waals surface area contributed by atoms with Crippen LogP contribution < -0.4 is 10.0 Å². The second-order valence-corrected chi connectivity index (χ2v) is 6.39. The van der Waals surface area contributed by atoms with E-state index in [1.54, 1.807) is 0 Å². The minimum atomic E-state index is -4.16. The molecular weight excluding hydrogens is 335 g/mol. The fraction of sp³-hybridized carbons (Fsp3) is 0.167. The van der Waals surface area contributed by atoms with Crippen LogP contribution in [-0.2, 0) is 21.9 Å². The summed E-state index contributed by atoms with van der Waals surface area (Å²) in [6.45, 7) is 1.28. The first-order valence-corrected chi connectivity index (χ1v) is 7.83. The lowest BCUT2D eigenvalue weighted by atomic mass is 10.2. The molecule has 0 fully saturated rings. The first-order valence-electron chi connectivity index (χ1n) is 5.97. The lowest BCUT2D eigenvalue weighted by Gasteiger charge is -2.10. The van der Waals surface area contributed by atoms with Crippen LogP contribution in [0.5, 0.6) is 0 Å². The summed E-state index contributed by atoms with van der Waals surface area (Å²) < 4.78 is 41.5. The fourth-order valence-electron chi connectivity index (χ4n) is 1.65. The van der Waals surface area contributed by atoms with E-state index in [0.717, 1.165) is 12.1 Å². The number of aryl methyl sites for hydroxylation is 1. The maximum atomic E-state index is 13.8. The van der Waals surface area contributed by atoms with Crippen molar-refractivity contribution in [2.75, 3.05) is 10.0 Å². The highest BCUT2D eigenvalue weighted by Crippen LogP contribution is 2.25. The molecule has 7 nitrogen and oxygen atoms in total. The van der Waals surface area contributed by atoms with E-state index in [2.05, 4.69) is 15.0 Å². The zero-order valence-corrected chi connectivity index (χ0v) is 13.2. The van der Waals surface area contributed by atoms with E-state index in [1.807, 2.05) is 0 Å². The van der Waals surface area contributed by atoms with Crippen molar-refractivity contribution >= 4 is 38.9 Å². The molecule has 22 heavy (non-hydrogen) atoms. The van der Waals surface area contributed by atoms with Gasteiger partial charge in [-0.05, 0) is 18.2 Å². The summed E-state index contributed by atoms with van der Waals surface area (Å²) in [6, 6.07) is 3.50. The Labute approximate surface area is 131 Å².